The molecule has 0 bridgehead atoms. The first-order valence-corrected chi connectivity index (χ1v) is 6.40. The fourth-order valence-corrected chi connectivity index (χ4v) is 2.97. The molecule has 0 aromatic carbocycles. The lowest BCUT2D eigenvalue weighted by molar-refractivity contribution is 0.748. The molecule has 1 atom stereocenters. The van der Waals surface area contributed by atoms with Crippen LogP contribution in [0.3, 0.4) is 0 Å². The number of nitrogens with two attached hydrogens (primary N) is 2. The van der Waals surface area contributed by atoms with Gasteiger partial charge in [0.15, 0.2) is 10.3 Å². The molecule has 16 heavy (non-hydrogen) atoms. The summed E-state index contributed by atoms with van der Waals surface area (Å²) in [5.74, 6) is 0. The zero-order valence-electron chi connectivity index (χ0n) is 9.33. The summed E-state index contributed by atoms with van der Waals surface area (Å²) in [6.07, 6.45) is 4.84. The molecular formula is C10H16N4S2. The summed E-state index contributed by atoms with van der Waals surface area (Å²) in [6, 6.07) is 0. The number of rotatable bonds is 2. The highest BCUT2D eigenvalue weighted by atomic mass is 32.2. The van der Waals surface area contributed by atoms with E-state index >= 15 is 0 Å². The van der Waals surface area contributed by atoms with E-state index in [2.05, 4.69) is 6.92 Å². The van der Waals surface area contributed by atoms with Crippen LogP contribution in [-0.2, 0) is 0 Å². The van der Waals surface area contributed by atoms with Gasteiger partial charge in [0.05, 0.1) is 0 Å². The summed E-state index contributed by atoms with van der Waals surface area (Å²) < 4.78 is -0.146. The molecule has 88 valence electrons. The molecule has 0 radical (unpaired) electrons. The van der Waals surface area contributed by atoms with Crippen LogP contribution >= 0.6 is 23.5 Å². The SMILES string of the molecule is CC1=CC(SC(=N)N)=CC[C@@]1(C)SC(=N)N. The van der Waals surface area contributed by atoms with Gasteiger partial charge in [0.25, 0.3) is 0 Å². The van der Waals surface area contributed by atoms with Gasteiger partial charge < -0.3 is 11.5 Å². The third-order valence-corrected chi connectivity index (χ3v) is 4.35. The summed E-state index contributed by atoms with van der Waals surface area (Å²) in [4.78, 5) is 0.992. The molecule has 0 aromatic rings. The molecule has 0 heterocycles. The first-order chi connectivity index (χ1) is 7.33. The third kappa shape index (κ3) is 3.31. The first-order valence-electron chi connectivity index (χ1n) is 4.77. The topological polar surface area (TPSA) is 99.7 Å². The van der Waals surface area contributed by atoms with E-state index in [1.165, 1.54) is 23.5 Å². The van der Waals surface area contributed by atoms with Gasteiger partial charge in [-0.15, -0.1) is 0 Å². The first kappa shape index (κ1) is 13.2. The second-order valence-electron chi connectivity index (χ2n) is 3.80. The minimum atomic E-state index is -0.146. The standard InChI is InChI=1S/C10H16N4S2/c1-6-5-7(15-8(11)12)3-4-10(6,2)16-9(13)14/h3,5H,4H2,1-2H3,(H3,11,12)(H3,13,14)/t10-/m1/s1. The van der Waals surface area contributed by atoms with Gasteiger partial charge in [-0.3, -0.25) is 10.8 Å². The Labute approximate surface area is 104 Å². The molecule has 1 aliphatic carbocycles. The van der Waals surface area contributed by atoms with Gasteiger partial charge in [-0.1, -0.05) is 35.2 Å². The largest absolute Gasteiger partial charge is 0.379 e. The Kier molecular flexibility index (Phi) is 4.09. The van der Waals surface area contributed by atoms with Crippen LogP contribution in [0.15, 0.2) is 22.6 Å². The Morgan fingerprint density at radius 3 is 2.44 bits per heavy atom. The lowest BCUT2D eigenvalue weighted by atomic mass is 9.93. The highest BCUT2D eigenvalue weighted by Gasteiger charge is 2.30. The average Bonchev–Trinajstić information content (AvgIpc) is 2.10. The Hall–Kier alpha value is -0.880. The quantitative estimate of drug-likeness (QED) is 0.449. The summed E-state index contributed by atoms with van der Waals surface area (Å²) in [5.41, 5.74) is 11.9. The van der Waals surface area contributed by atoms with Crippen LogP contribution in [0.25, 0.3) is 0 Å². The summed E-state index contributed by atoms with van der Waals surface area (Å²) in [6.45, 7) is 4.08. The smallest absolute Gasteiger partial charge is 0.155 e. The fourth-order valence-electron chi connectivity index (χ4n) is 1.44. The van der Waals surface area contributed by atoms with E-state index in [9.17, 15) is 0 Å². The molecule has 1 rings (SSSR count). The number of nitrogens with one attached hydrogen (secondary N) is 2. The molecule has 0 aliphatic heterocycles. The van der Waals surface area contributed by atoms with E-state index in [1.54, 1.807) is 0 Å². The Bertz CT molecular complexity index is 386. The number of thioether (sulfide) groups is 2. The summed E-state index contributed by atoms with van der Waals surface area (Å²) in [7, 11) is 0. The molecule has 6 heteroatoms. The molecule has 0 fully saturated rings. The van der Waals surface area contributed by atoms with E-state index in [1.807, 2.05) is 19.1 Å². The van der Waals surface area contributed by atoms with Crippen LogP contribution in [-0.4, -0.2) is 15.1 Å². The van der Waals surface area contributed by atoms with Crippen LogP contribution in [0.4, 0.5) is 0 Å². The van der Waals surface area contributed by atoms with E-state index in [0.717, 1.165) is 16.9 Å². The zero-order valence-corrected chi connectivity index (χ0v) is 11.0. The van der Waals surface area contributed by atoms with Crippen molar-refractivity contribution < 1.29 is 0 Å². The van der Waals surface area contributed by atoms with Crippen molar-refractivity contribution >= 4 is 33.9 Å². The second-order valence-corrected chi connectivity index (χ2v) is 6.46. The van der Waals surface area contributed by atoms with Crippen molar-refractivity contribution in [2.24, 2.45) is 11.5 Å². The minimum Gasteiger partial charge on any atom is -0.379 e. The van der Waals surface area contributed by atoms with Crippen molar-refractivity contribution in [1.82, 2.24) is 0 Å². The molecule has 0 saturated heterocycles. The van der Waals surface area contributed by atoms with Crippen molar-refractivity contribution in [3.05, 3.63) is 22.6 Å². The van der Waals surface area contributed by atoms with E-state index < -0.39 is 0 Å². The summed E-state index contributed by atoms with van der Waals surface area (Å²) >= 11 is 2.61. The highest BCUT2D eigenvalue weighted by molar-refractivity contribution is 8.17. The Morgan fingerprint density at radius 1 is 1.38 bits per heavy atom. The molecule has 4 nitrogen and oxygen atoms in total. The van der Waals surface area contributed by atoms with Gasteiger partial charge >= 0.3 is 0 Å². The maximum Gasteiger partial charge on any atom is 0.155 e. The molecule has 0 saturated carbocycles. The van der Waals surface area contributed by atoms with Crippen molar-refractivity contribution in [2.45, 2.75) is 25.0 Å². The van der Waals surface area contributed by atoms with E-state index in [4.69, 9.17) is 22.3 Å². The van der Waals surface area contributed by atoms with Crippen LogP contribution in [0.5, 0.6) is 0 Å². The number of amidine groups is 2. The van der Waals surface area contributed by atoms with Gasteiger partial charge in [-0.25, -0.2) is 0 Å². The Balaban J connectivity index is 2.80. The molecular weight excluding hydrogens is 240 g/mol. The highest BCUT2D eigenvalue weighted by Crippen LogP contribution is 2.41. The third-order valence-electron chi connectivity index (χ3n) is 2.45. The molecule has 1 aliphatic rings. The predicted molar refractivity (Wildman–Crippen MR) is 73.9 cm³/mol. The van der Waals surface area contributed by atoms with Gasteiger partial charge in [0.2, 0.25) is 0 Å². The van der Waals surface area contributed by atoms with Gasteiger partial charge in [-0.05, 0) is 26.3 Å². The van der Waals surface area contributed by atoms with Gasteiger partial charge in [0.1, 0.15) is 0 Å². The fraction of sp³-hybridized carbons (Fsp3) is 0.400. The number of hydrogen-bond donors (Lipinski definition) is 4. The zero-order chi connectivity index (χ0) is 12.3. The van der Waals surface area contributed by atoms with Crippen molar-refractivity contribution in [2.75, 3.05) is 0 Å². The minimum absolute atomic E-state index is 0.0955. The molecule has 0 spiro atoms. The van der Waals surface area contributed by atoms with Crippen LogP contribution in [0.2, 0.25) is 0 Å². The normalized spacial score (nSPS) is 24.6. The van der Waals surface area contributed by atoms with Crippen molar-refractivity contribution in [1.29, 1.82) is 10.8 Å². The lowest BCUT2D eigenvalue weighted by Crippen LogP contribution is -2.27. The van der Waals surface area contributed by atoms with E-state index in [0.29, 0.717) is 0 Å². The van der Waals surface area contributed by atoms with Crippen molar-refractivity contribution in [3.8, 4) is 0 Å². The van der Waals surface area contributed by atoms with E-state index in [-0.39, 0.29) is 15.1 Å². The predicted octanol–water partition coefficient (Wildman–Crippen LogP) is 2.23. The van der Waals surface area contributed by atoms with Crippen molar-refractivity contribution in [3.63, 3.8) is 0 Å². The Morgan fingerprint density at radius 2 is 2.00 bits per heavy atom. The maximum atomic E-state index is 7.34. The lowest BCUT2D eigenvalue weighted by Gasteiger charge is -2.31. The molecule has 0 unspecified atom stereocenters. The second kappa shape index (κ2) is 4.97. The monoisotopic (exact) mass is 256 g/mol. The average molecular weight is 256 g/mol. The van der Waals surface area contributed by atoms with Gasteiger partial charge in [-0.2, -0.15) is 0 Å². The number of allylic oxidation sites excluding steroid dienone is 2. The van der Waals surface area contributed by atoms with Gasteiger partial charge in [0, 0.05) is 9.65 Å². The molecule has 0 amide bonds. The van der Waals surface area contributed by atoms with Crippen LogP contribution in [0.1, 0.15) is 20.3 Å². The van der Waals surface area contributed by atoms with Crippen LogP contribution in [0, 0.1) is 10.8 Å². The molecule has 6 N–H and O–H groups in total. The van der Waals surface area contributed by atoms with Crippen LogP contribution < -0.4 is 11.5 Å². The summed E-state index contributed by atoms with van der Waals surface area (Å²) in [5, 5.41) is 14.8. The maximum absolute atomic E-state index is 7.34. The number of hydrogen-bond acceptors (Lipinski definition) is 4. The molecule has 0 aromatic heterocycles.